The van der Waals surface area contributed by atoms with Crippen LogP contribution in [0.3, 0.4) is 0 Å². The first kappa shape index (κ1) is 21.0. The number of benzene rings is 1. The molecule has 2 aliphatic rings. The van der Waals surface area contributed by atoms with Gasteiger partial charge in [-0.25, -0.2) is 0 Å². The molecule has 2 saturated heterocycles. The van der Waals surface area contributed by atoms with Crippen LogP contribution >= 0.6 is 24.0 Å². The van der Waals surface area contributed by atoms with Crippen LogP contribution in [0.2, 0.25) is 0 Å². The molecule has 2 heterocycles. The molecular weight excluding hydrogens is 443 g/mol. The summed E-state index contributed by atoms with van der Waals surface area (Å²) in [5.74, 6) is 0.579. The molecule has 0 atom stereocenters. The normalized spacial score (nSPS) is 20.2. The van der Waals surface area contributed by atoms with Crippen molar-refractivity contribution in [1.29, 1.82) is 0 Å². The average molecular weight is 472 g/mol. The Kier molecular flexibility index (Phi) is 8.15. The van der Waals surface area contributed by atoms with E-state index >= 15 is 0 Å². The fraction of sp³-hybridized carbons (Fsp3) is 0.579. The number of likely N-dealkylation sites (tertiary alicyclic amines) is 1. The van der Waals surface area contributed by atoms with E-state index in [1.54, 1.807) is 0 Å². The number of hydrogen-bond acceptors (Lipinski definition) is 3. The molecule has 26 heavy (non-hydrogen) atoms. The highest BCUT2D eigenvalue weighted by Gasteiger charge is 2.38. The van der Waals surface area contributed by atoms with Crippen molar-refractivity contribution >= 4 is 41.5 Å². The van der Waals surface area contributed by atoms with Crippen molar-refractivity contribution < 1.29 is 9.53 Å². The third-order valence-corrected chi connectivity index (χ3v) is 5.19. The molecule has 0 spiro atoms. The van der Waals surface area contributed by atoms with Gasteiger partial charge >= 0.3 is 0 Å². The molecule has 0 bridgehead atoms. The minimum Gasteiger partial charge on any atom is -0.381 e. The minimum absolute atomic E-state index is 0. The zero-order valence-electron chi connectivity index (χ0n) is 15.2. The number of primary amides is 1. The number of nitrogens with two attached hydrogens (primary N) is 1. The van der Waals surface area contributed by atoms with Crippen LogP contribution in [0.4, 0.5) is 5.69 Å². The molecule has 144 valence electrons. The van der Waals surface area contributed by atoms with Crippen molar-refractivity contribution in [1.82, 2.24) is 4.90 Å². The summed E-state index contributed by atoms with van der Waals surface area (Å²) in [6.07, 6.45) is 4.89. The van der Waals surface area contributed by atoms with Crippen LogP contribution in [-0.2, 0) is 9.53 Å². The molecule has 0 aromatic heterocycles. The molecule has 0 aliphatic carbocycles. The van der Waals surface area contributed by atoms with Crippen LogP contribution in [0.1, 0.15) is 32.1 Å². The molecule has 3 N–H and O–H groups in total. The number of anilines is 1. The molecule has 2 aliphatic heterocycles. The highest BCUT2D eigenvalue weighted by Crippen LogP contribution is 2.30. The second kappa shape index (κ2) is 10.1. The largest absolute Gasteiger partial charge is 0.381 e. The molecule has 3 rings (SSSR count). The standard InChI is InChI=1S/C19H28N4O2.HI/c20-17(24)19(9-13-25-14-10-19)15-21-18(23-11-5-2-6-12-23)22-16-7-3-1-4-8-16;/h1,3-4,7-8H,2,5-6,9-15H2,(H2,20,24)(H,21,22);1H. The SMILES string of the molecule is I.NC(=O)C1(CN=C(Nc2ccccc2)N2CCCCC2)CCOCC1. The zero-order chi connectivity index (χ0) is 17.5. The Balaban J connectivity index is 0.00000243. The summed E-state index contributed by atoms with van der Waals surface area (Å²) in [4.78, 5) is 19.2. The number of nitrogens with one attached hydrogen (secondary N) is 1. The molecule has 1 aromatic carbocycles. The number of para-hydroxylation sites is 1. The minimum atomic E-state index is -0.586. The van der Waals surface area contributed by atoms with E-state index in [2.05, 4.69) is 10.2 Å². The maximum Gasteiger partial charge on any atom is 0.225 e. The van der Waals surface area contributed by atoms with E-state index in [0.29, 0.717) is 32.6 Å². The number of carbonyl (C=O) groups excluding carboxylic acids is 1. The quantitative estimate of drug-likeness (QED) is 0.401. The van der Waals surface area contributed by atoms with Gasteiger partial charge in [-0.15, -0.1) is 24.0 Å². The fourth-order valence-corrected chi connectivity index (χ4v) is 3.45. The third-order valence-electron chi connectivity index (χ3n) is 5.19. The lowest BCUT2D eigenvalue weighted by Gasteiger charge is -2.34. The lowest BCUT2D eigenvalue weighted by molar-refractivity contribution is -0.132. The van der Waals surface area contributed by atoms with E-state index in [-0.39, 0.29) is 29.9 Å². The van der Waals surface area contributed by atoms with Gasteiger partial charge in [0.25, 0.3) is 0 Å². The molecule has 1 amide bonds. The van der Waals surface area contributed by atoms with Crippen LogP contribution in [0, 0.1) is 5.41 Å². The predicted octanol–water partition coefficient (Wildman–Crippen LogP) is 2.84. The fourth-order valence-electron chi connectivity index (χ4n) is 3.45. The molecular formula is C19H29IN4O2. The van der Waals surface area contributed by atoms with Gasteiger partial charge in [0.2, 0.25) is 5.91 Å². The smallest absolute Gasteiger partial charge is 0.225 e. The van der Waals surface area contributed by atoms with Crippen molar-refractivity contribution in [3.05, 3.63) is 30.3 Å². The molecule has 0 radical (unpaired) electrons. The van der Waals surface area contributed by atoms with Gasteiger partial charge in [-0.1, -0.05) is 18.2 Å². The van der Waals surface area contributed by atoms with E-state index in [0.717, 1.165) is 24.7 Å². The predicted molar refractivity (Wildman–Crippen MR) is 115 cm³/mol. The Morgan fingerprint density at radius 3 is 2.42 bits per heavy atom. The van der Waals surface area contributed by atoms with Crippen LogP contribution < -0.4 is 11.1 Å². The van der Waals surface area contributed by atoms with Crippen molar-refractivity contribution in [2.45, 2.75) is 32.1 Å². The number of carbonyl (C=O) groups is 1. The lowest BCUT2D eigenvalue weighted by Crippen LogP contribution is -2.46. The Morgan fingerprint density at radius 2 is 1.81 bits per heavy atom. The molecule has 2 fully saturated rings. The number of aliphatic imine (C=N–C) groups is 1. The summed E-state index contributed by atoms with van der Waals surface area (Å²) in [7, 11) is 0. The Morgan fingerprint density at radius 1 is 1.15 bits per heavy atom. The molecule has 1 aromatic rings. The first-order chi connectivity index (χ1) is 12.2. The van der Waals surface area contributed by atoms with Crippen molar-refractivity contribution in [3.8, 4) is 0 Å². The number of hydrogen-bond donors (Lipinski definition) is 2. The number of rotatable bonds is 4. The van der Waals surface area contributed by atoms with E-state index in [9.17, 15) is 4.79 Å². The number of guanidine groups is 1. The Bertz CT molecular complexity index is 597. The number of ether oxygens (including phenoxy) is 1. The topological polar surface area (TPSA) is 80.0 Å². The summed E-state index contributed by atoms with van der Waals surface area (Å²) >= 11 is 0. The highest BCUT2D eigenvalue weighted by atomic mass is 127. The lowest BCUT2D eigenvalue weighted by atomic mass is 9.79. The van der Waals surface area contributed by atoms with Crippen molar-refractivity contribution in [2.75, 3.05) is 38.2 Å². The maximum atomic E-state index is 12.1. The van der Waals surface area contributed by atoms with Gasteiger partial charge in [0, 0.05) is 32.0 Å². The van der Waals surface area contributed by atoms with Gasteiger partial charge < -0.3 is 20.7 Å². The van der Waals surface area contributed by atoms with Gasteiger partial charge in [0.1, 0.15) is 0 Å². The van der Waals surface area contributed by atoms with Gasteiger partial charge in [-0.2, -0.15) is 0 Å². The van der Waals surface area contributed by atoms with Crippen LogP contribution in [0.15, 0.2) is 35.3 Å². The second-order valence-corrected chi connectivity index (χ2v) is 6.94. The van der Waals surface area contributed by atoms with Gasteiger partial charge in [-0.05, 0) is 44.2 Å². The van der Waals surface area contributed by atoms with Gasteiger partial charge in [0.05, 0.1) is 12.0 Å². The molecule has 0 unspecified atom stereocenters. The van der Waals surface area contributed by atoms with E-state index < -0.39 is 5.41 Å². The highest BCUT2D eigenvalue weighted by molar-refractivity contribution is 14.0. The van der Waals surface area contributed by atoms with Crippen LogP contribution in [0.5, 0.6) is 0 Å². The number of amides is 1. The molecule has 7 heteroatoms. The first-order valence-corrected chi connectivity index (χ1v) is 9.19. The summed E-state index contributed by atoms with van der Waals surface area (Å²) < 4.78 is 5.41. The van der Waals surface area contributed by atoms with Crippen molar-refractivity contribution in [2.24, 2.45) is 16.1 Å². The number of nitrogens with zero attached hydrogens (tertiary/aromatic N) is 2. The summed E-state index contributed by atoms with van der Waals surface area (Å²) in [5.41, 5.74) is 6.14. The van der Waals surface area contributed by atoms with Gasteiger partial charge in [-0.3, -0.25) is 9.79 Å². The zero-order valence-corrected chi connectivity index (χ0v) is 17.5. The monoisotopic (exact) mass is 472 g/mol. The maximum absolute atomic E-state index is 12.1. The summed E-state index contributed by atoms with van der Waals surface area (Å²) in [6, 6.07) is 10.0. The van der Waals surface area contributed by atoms with Crippen LogP contribution in [0.25, 0.3) is 0 Å². The molecule has 0 saturated carbocycles. The Labute approximate surface area is 172 Å². The summed E-state index contributed by atoms with van der Waals surface area (Å²) in [5, 5.41) is 3.44. The van der Waals surface area contributed by atoms with Crippen molar-refractivity contribution in [3.63, 3.8) is 0 Å². The number of halogens is 1. The Hall–Kier alpha value is -1.35. The van der Waals surface area contributed by atoms with Crippen LogP contribution in [-0.4, -0.2) is 49.6 Å². The van der Waals surface area contributed by atoms with Gasteiger partial charge in [0.15, 0.2) is 5.96 Å². The summed E-state index contributed by atoms with van der Waals surface area (Å²) in [6.45, 7) is 3.54. The van der Waals surface area contributed by atoms with E-state index in [4.69, 9.17) is 15.5 Å². The molecule has 6 nitrogen and oxygen atoms in total. The van der Waals surface area contributed by atoms with E-state index in [1.165, 1.54) is 19.3 Å². The second-order valence-electron chi connectivity index (χ2n) is 6.94. The number of piperidine rings is 1. The third kappa shape index (κ3) is 5.33. The van der Waals surface area contributed by atoms with E-state index in [1.807, 2.05) is 30.3 Å². The first-order valence-electron chi connectivity index (χ1n) is 9.19. The average Bonchev–Trinajstić information content (AvgIpc) is 2.67.